The highest BCUT2D eigenvalue weighted by Crippen LogP contribution is 2.18. The number of hydrogen-bond acceptors (Lipinski definition) is 3. The highest BCUT2D eigenvalue weighted by molar-refractivity contribution is 5.76. The highest BCUT2D eigenvalue weighted by atomic mass is 16.2. The van der Waals surface area contributed by atoms with Crippen LogP contribution in [0.2, 0.25) is 0 Å². The Kier molecular flexibility index (Phi) is 5.72. The molecule has 5 nitrogen and oxygen atoms in total. The first kappa shape index (κ1) is 18.7. The number of amides is 1. The fourth-order valence-corrected chi connectivity index (χ4v) is 4.04. The average Bonchev–Trinajstić information content (AvgIpc) is 3.16. The largest absolute Gasteiger partial charge is 0.341 e. The van der Waals surface area contributed by atoms with Gasteiger partial charge in [-0.3, -0.25) is 9.69 Å². The van der Waals surface area contributed by atoms with Crippen LogP contribution < -0.4 is 0 Å². The van der Waals surface area contributed by atoms with E-state index >= 15 is 0 Å². The summed E-state index contributed by atoms with van der Waals surface area (Å²) in [4.78, 5) is 21.8. The molecule has 1 fully saturated rings. The van der Waals surface area contributed by atoms with Crippen molar-refractivity contribution in [2.75, 3.05) is 20.1 Å². The van der Waals surface area contributed by atoms with Gasteiger partial charge in [0.15, 0.2) is 0 Å². The number of aryl methyl sites for hydroxylation is 1. The van der Waals surface area contributed by atoms with Crippen LogP contribution in [0.1, 0.15) is 30.5 Å². The van der Waals surface area contributed by atoms with Crippen LogP contribution in [-0.4, -0.2) is 51.3 Å². The molecule has 3 aromatic rings. The fourth-order valence-electron chi connectivity index (χ4n) is 4.04. The van der Waals surface area contributed by atoms with Crippen LogP contribution in [0.5, 0.6) is 0 Å². The summed E-state index contributed by atoms with van der Waals surface area (Å²) in [6, 6.07) is 16.9. The van der Waals surface area contributed by atoms with E-state index in [4.69, 9.17) is 0 Å². The van der Waals surface area contributed by atoms with Crippen LogP contribution in [0.4, 0.5) is 0 Å². The first-order valence-electron chi connectivity index (χ1n) is 10.1. The molecular formula is C23H28N4O. The van der Waals surface area contributed by atoms with Gasteiger partial charge in [0.05, 0.1) is 5.69 Å². The van der Waals surface area contributed by atoms with Crippen molar-refractivity contribution < 1.29 is 4.79 Å². The minimum absolute atomic E-state index is 0.245. The number of carbonyl (C=O) groups excluding carboxylic acids is 1. The van der Waals surface area contributed by atoms with Gasteiger partial charge in [-0.25, -0.2) is 4.98 Å². The standard InChI is InChI=1S/C23H28N4O/c1-25(16-19-8-3-2-4-9-19)21-10-7-15-27(18-21)23(28)13-12-20-17-26-14-6-5-11-22(26)24-20/h2-6,8-9,11,14,17,21H,7,10,12-13,15-16,18H2,1H3. The molecule has 1 atom stereocenters. The molecule has 4 rings (SSSR count). The minimum Gasteiger partial charge on any atom is -0.341 e. The normalized spacial score (nSPS) is 17.4. The molecule has 1 amide bonds. The van der Waals surface area contributed by atoms with Crippen LogP contribution >= 0.6 is 0 Å². The second-order valence-corrected chi connectivity index (χ2v) is 7.73. The van der Waals surface area contributed by atoms with Crippen LogP contribution in [0, 0.1) is 0 Å². The van der Waals surface area contributed by atoms with E-state index in [0.717, 1.165) is 43.8 Å². The number of piperidine rings is 1. The van der Waals surface area contributed by atoms with E-state index in [1.807, 2.05) is 46.0 Å². The van der Waals surface area contributed by atoms with Gasteiger partial charge in [-0.05, 0) is 44.0 Å². The fraction of sp³-hybridized carbons (Fsp3) is 0.391. The summed E-state index contributed by atoms with van der Waals surface area (Å²) < 4.78 is 2.01. The number of hydrogen-bond donors (Lipinski definition) is 0. The summed E-state index contributed by atoms with van der Waals surface area (Å²) in [6.45, 7) is 2.63. The van der Waals surface area contributed by atoms with Crippen LogP contribution in [0.25, 0.3) is 5.65 Å². The molecule has 28 heavy (non-hydrogen) atoms. The van der Waals surface area contributed by atoms with Crippen molar-refractivity contribution in [3.8, 4) is 0 Å². The lowest BCUT2D eigenvalue weighted by Crippen LogP contribution is -2.48. The second kappa shape index (κ2) is 8.57. The Morgan fingerprint density at radius 2 is 2.00 bits per heavy atom. The van der Waals surface area contributed by atoms with Gasteiger partial charge >= 0.3 is 0 Å². The summed E-state index contributed by atoms with van der Waals surface area (Å²) in [5.74, 6) is 0.245. The van der Waals surface area contributed by atoms with Crippen molar-refractivity contribution in [3.05, 3.63) is 72.2 Å². The molecule has 0 spiro atoms. The van der Waals surface area contributed by atoms with E-state index in [0.29, 0.717) is 18.9 Å². The smallest absolute Gasteiger partial charge is 0.223 e. The van der Waals surface area contributed by atoms with E-state index in [9.17, 15) is 4.79 Å². The van der Waals surface area contributed by atoms with Crippen molar-refractivity contribution in [2.24, 2.45) is 0 Å². The monoisotopic (exact) mass is 376 g/mol. The van der Waals surface area contributed by atoms with Crippen molar-refractivity contribution in [1.29, 1.82) is 0 Å². The lowest BCUT2D eigenvalue weighted by Gasteiger charge is -2.37. The number of carbonyl (C=O) groups is 1. The van der Waals surface area contributed by atoms with Gasteiger partial charge in [-0.2, -0.15) is 0 Å². The van der Waals surface area contributed by atoms with E-state index in [1.165, 1.54) is 5.56 Å². The highest BCUT2D eigenvalue weighted by Gasteiger charge is 2.26. The Morgan fingerprint density at radius 1 is 1.18 bits per heavy atom. The number of pyridine rings is 1. The lowest BCUT2D eigenvalue weighted by atomic mass is 10.0. The van der Waals surface area contributed by atoms with Crippen LogP contribution in [0.15, 0.2) is 60.9 Å². The Bertz CT molecular complexity index is 888. The van der Waals surface area contributed by atoms with Crippen molar-refractivity contribution in [1.82, 2.24) is 19.2 Å². The van der Waals surface area contributed by atoms with Crippen LogP contribution in [0.3, 0.4) is 0 Å². The number of benzene rings is 1. The maximum Gasteiger partial charge on any atom is 0.223 e. The molecule has 146 valence electrons. The van der Waals surface area contributed by atoms with E-state index in [1.54, 1.807) is 0 Å². The Labute approximate surface area is 166 Å². The second-order valence-electron chi connectivity index (χ2n) is 7.73. The predicted octanol–water partition coefficient (Wildman–Crippen LogP) is 3.39. The maximum atomic E-state index is 12.8. The van der Waals surface area contributed by atoms with Gasteiger partial charge in [-0.1, -0.05) is 36.4 Å². The number of aromatic nitrogens is 2. The molecule has 3 heterocycles. The van der Waals surface area contributed by atoms with E-state index < -0.39 is 0 Å². The van der Waals surface area contributed by atoms with Crippen LogP contribution in [-0.2, 0) is 17.8 Å². The molecule has 0 radical (unpaired) electrons. The third-order valence-electron chi connectivity index (χ3n) is 5.66. The zero-order valence-electron chi connectivity index (χ0n) is 16.5. The van der Waals surface area contributed by atoms with Gasteiger partial charge in [0.25, 0.3) is 0 Å². The van der Waals surface area contributed by atoms with Crippen molar-refractivity contribution in [3.63, 3.8) is 0 Å². The molecule has 0 aliphatic carbocycles. The zero-order chi connectivity index (χ0) is 19.3. The van der Waals surface area contributed by atoms with Gasteiger partial charge in [0.1, 0.15) is 5.65 Å². The molecule has 0 saturated carbocycles. The number of nitrogens with zero attached hydrogens (tertiary/aromatic N) is 4. The summed E-state index contributed by atoms with van der Waals surface area (Å²) in [6.07, 6.45) is 7.46. The number of imidazole rings is 1. The summed E-state index contributed by atoms with van der Waals surface area (Å²) in [7, 11) is 2.17. The predicted molar refractivity (Wildman–Crippen MR) is 111 cm³/mol. The summed E-state index contributed by atoms with van der Waals surface area (Å²) in [5.41, 5.74) is 3.24. The molecular weight excluding hydrogens is 348 g/mol. The van der Waals surface area contributed by atoms with E-state index in [-0.39, 0.29) is 5.91 Å². The Morgan fingerprint density at radius 3 is 2.82 bits per heavy atom. The third-order valence-corrected chi connectivity index (χ3v) is 5.66. The van der Waals surface area contributed by atoms with Gasteiger partial charge in [0, 0.05) is 44.5 Å². The van der Waals surface area contributed by atoms with Gasteiger partial charge in [0.2, 0.25) is 5.91 Å². The van der Waals surface area contributed by atoms with E-state index in [2.05, 4.69) is 41.2 Å². The minimum atomic E-state index is 0.245. The molecule has 1 saturated heterocycles. The van der Waals surface area contributed by atoms with Gasteiger partial charge < -0.3 is 9.30 Å². The number of likely N-dealkylation sites (N-methyl/N-ethyl adjacent to an activating group) is 1. The van der Waals surface area contributed by atoms with Crippen molar-refractivity contribution >= 4 is 11.6 Å². The number of rotatable bonds is 6. The number of fused-ring (bicyclic) bond motifs is 1. The SMILES string of the molecule is CN(Cc1ccccc1)C1CCCN(C(=O)CCc2cn3ccccc3n2)C1. The Hall–Kier alpha value is -2.66. The first-order chi connectivity index (χ1) is 13.7. The average molecular weight is 377 g/mol. The molecule has 1 aliphatic heterocycles. The molecule has 2 aromatic heterocycles. The Balaban J connectivity index is 1.31. The molecule has 1 unspecified atom stereocenters. The molecule has 1 aromatic carbocycles. The maximum absolute atomic E-state index is 12.8. The summed E-state index contributed by atoms with van der Waals surface area (Å²) in [5, 5.41) is 0. The van der Waals surface area contributed by atoms with Gasteiger partial charge in [-0.15, -0.1) is 0 Å². The molecule has 0 bridgehead atoms. The lowest BCUT2D eigenvalue weighted by molar-refractivity contribution is -0.133. The van der Waals surface area contributed by atoms with Crippen molar-refractivity contribution in [2.45, 2.75) is 38.3 Å². The number of likely N-dealkylation sites (tertiary alicyclic amines) is 1. The quantitative estimate of drug-likeness (QED) is 0.662. The molecule has 0 N–H and O–H groups in total. The topological polar surface area (TPSA) is 40.9 Å². The molecule has 1 aliphatic rings. The summed E-state index contributed by atoms with van der Waals surface area (Å²) >= 11 is 0. The molecule has 5 heteroatoms. The third kappa shape index (κ3) is 4.42. The first-order valence-corrected chi connectivity index (χ1v) is 10.1. The zero-order valence-corrected chi connectivity index (χ0v) is 16.5.